The van der Waals surface area contributed by atoms with Gasteiger partial charge in [0.05, 0.1) is 46.8 Å². The van der Waals surface area contributed by atoms with Gasteiger partial charge in [-0.2, -0.15) is 13.2 Å². The minimum absolute atomic E-state index is 0.0473. The van der Waals surface area contributed by atoms with Crippen LogP contribution in [0.2, 0.25) is 5.02 Å². The first-order valence-electron chi connectivity index (χ1n) is 11.9. The van der Waals surface area contributed by atoms with Crippen molar-refractivity contribution in [1.29, 1.82) is 0 Å². The zero-order valence-electron chi connectivity index (χ0n) is 20.2. The quantitative estimate of drug-likeness (QED) is 0.315. The molecule has 8 nitrogen and oxygen atoms in total. The van der Waals surface area contributed by atoms with Crippen LogP contribution in [-0.2, 0) is 24.0 Å². The number of alkyl halides is 3. The summed E-state index contributed by atoms with van der Waals surface area (Å²) in [5, 5.41) is -0.572. The summed E-state index contributed by atoms with van der Waals surface area (Å²) in [5.41, 5.74) is -2.36. The lowest BCUT2D eigenvalue weighted by atomic mass is 10.1. The van der Waals surface area contributed by atoms with Gasteiger partial charge in [-0.3, -0.25) is 13.9 Å². The number of esters is 1. The Kier molecular flexibility index (Phi) is 6.64. The zero-order valence-corrected chi connectivity index (χ0v) is 20.9. The molecule has 0 N–H and O–H groups in total. The minimum Gasteiger partial charge on any atom is -0.462 e. The average molecular weight is 547 g/mol. The molecule has 5 rings (SSSR count). The molecule has 198 valence electrons. The van der Waals surface area contributed by atoms with Crippen LogP contribution >= 0.6 is 11.6 Å². The van der Waals surface area contributed by atoms with E-state index in [2.05, 4.69) is 4.98 Å². The van der Waals surface area contributed by atoms with E-state index in [9.17, 15) is 27.6 Å². The Morgan fingerprint density at radius 2 is 1.95 bits per heavy atom. The van der Waals surface area contributed by atoms with Gasteiger partial charge in [0, 0.05) is 12.7 Å². The zero-order chi connectivity index (χ0) is 27.2. The highest BCUT2D eigenvalue weighted by Gasteiger charge is 2.36. The van der Waals surface area contributed by atoms with E-state index in [0.29, 0.717) is 16.0 Å². The molecule has 0 saturated heterocycles. The Labute approximate surface area is 218 Å². The fourth-order valence-corrected chi connectivity index (χ4v) is 4.69. The van der Waals surface area contributed by atoms with Crippen molar-refractivity contribution >= 4 is 28.6 Å². The molecular formula is C26H22ClF3N4O4. The highest BCUT2D eigenvalue weighted by Crippen LogP contribution is 2.37. The van der Waals surface area contributed by atoms with Crippen LogP contribution in [0.5, 0.6) is 0 Å². The first-order chi connectivity index (χ1) is 18.1. The predicted octanol–water partition coefficient (Wildman–Crippen LogP) is 4.66. The summed E-state index contributed by atoms with van der Waals surface area (Å²) in [6.45, 7) is 1.56. The number of hydrogen-bond donors (Lipinski definition) is 0. The first-order valence-corrected chi connectivity index (χ1v) is 12.3. The van der Waals surface area contributed by atoms with Gasteiger partial charge in [0.2, 0.25) is 0 Å². The number of ether oxygens (including phenoxy) is 1. The predicted molar refractivity (Wildman–Crippen MR) is 134 cm³/mol. The summed E-state index contributed by atoms with van der Waals surface area (Å²) in [5.74, 6) is -0.393. The Morgan fingerprint density at radius 1 is 1.18 bits per heavy atom. The molecule has 0 spiro atoms. The molecule has 0 atom stereocenters. The maximum Gasteiger partial charge on any atom is 0.418 e. The van der Waals surface area contributed by atoms with Gasteiger partial charge >= 0.3 is 17.8 Å². The van der Waals surface area contributed by atoms with E-state index in [1.807, 2.05) is 4.57 Å². The molecule has 0 radical (unpaired) electrons. The summed E-state index contributed by atoms with van der Waals surface area (Å²) < 4.78 is 49.9. The molecule has 12 heteroatoms. The maximum atomic E-state index is 13.8. The lowest BCUT2D eigenvalue weighted by Gasteiger charge is -2.17. The number of carbonyl (C=O) groups is 1. The Hall–Kier alpha value is -3.86. The van der Waals surface area contributed by atoms with Gasteiger partial charge in [-0.25, -0.2) is 14.6 Å². The smallest absolute Gasteiger partial charge is 0.418 e. The standard InChI is InChI=1S/C26H22ClF3N4O4/c1-2-38-24(36)18-13-33(17-8-9-21-20(10-17)31-14-32(21)11-15-6-7-15)25(37)34(23(18)35)12-16-4-3-5-19(27)22(16)26(28,29)30/h3-5,8-10,13-15H,2,6-7,11-12H2,1H3. The van der Waals surface area contributed by atoms with Crippen LogP contribution in [0, 0.1) is 5.92 Å². The number of hydrogen-bond acceptors (Lipinski definition) is 5. The number of carbonyl (C=O) groups excluding carboxylic acids is 1. The van der Waals surface area contributed by atoms with Crippen LogP contribution < -0.4 is 11.2 Å². The van der Waals surface area contributed by atoms with Crippen LogP contribution in [-0.4, -0.2) is 31.3 Å². The number of fused-ring (bicyclic) bond motifs is 1. The molecular weight excluding hydrogens is 525 g/mol. The molecule has 38 heavy (non-hydrogen) atoms. The number of benzene rings is 2. The molecule has 1 fully saturated rings. The van der Waals surface area contributed by atoms with E-state index in [1.54, 1.807) is 31.5 Å². The van der Waals surface area contributed by atoms with Gasteiger partial charge < -0.3 is 9.30 Å². The molecule has 0 bridgehead atoms. The number of nitrogens with zero attached hydrogens (tertiary/aromatic N) is 4. The first kappa shape index (κ1) is 25.8. The molecule has 2 heterocycles. The minimum atomic E-state index is -4.83. The topological polar surface area (TPSA) is 88.1 Å². The van der Waals surface area contributed by atoms with Crippen molar-refractivity contribution in [1.82, 2.24) is 18.7 Å². The largest absolute Gasteiger partial charge is 0.462 e. The van der Waals surface area contributed by atoms with Gasteiger partial charge in [0.1, 0.15) is 5.56 Å². The second-order valence-corrected chi connectivity index (χ2v) is 9.50. The molecule has 4 aromatic rings. The number of halogens is 4. The molecule has 0 aliphatic heterocycles. The SMILES string of the molecule is CCOC(=O)c1cn(-c2ccc3c(c2)ncn3CC2CC2)c(=O)n(Cc2cccc(Cl)c2C(F)(F)F)c1=O. The summed E-state index contributed by atoms with van der Waals surface area (Å²) >= 11 is 5.83. The van der Waals surface area contributed by atoms with Crippen LogP contribution in [0.3, 0.4) is 0 Å². The molecule has 1 aliphatic carbocycles. The normalized spacial score (nSPS) is 13.7. The van der Waals surface area contributed by atoms with E-state index in [1.165, 1.54) is 6.07 Å². The van der Waals surface area contributed by atoms with E-state index < -0.39 is 51.7 Å². The van der Waals surface area contributed by atoms with E-state index in [0.717, 1.165) is 47.8 Å². The lowest BCUT2D eigenvalue weighted by Crippen LogP contribution is -2.42. The number of rotatable bonds is 7. The number of aromatic nitrogens is 4. The van der Waals surface area contributed by atoms with Crippen LogP contribution in [0.1, 0.15) is 41.3 Å². The third-order valence-corrected chi connectivity index (χ3v) is 6.73. The molecule has 1 saturated carbocycles. The molecule has 2 aromatic carbocycles. The lowest BCUT2D eigenvalue weighted by molar-refractivity contribution is -0.138. The summed E-state index contributed by atoms with van der Waals surface area (Å²) in [4.78, 5) is 43.7. The van der Waals surface area contributed by atoms with E-state index >= 15 is 0 Å². The fraction of sp³-hybridized carbons (Fsp3) is 0.308. The second-order valence-electron chi connectivity index (χ2n) is 9.09. The van der Waals surface area contributed by atoms with Crippen molar-refractivity contribution in [2.24, 2.45) is 5.92 Å². The number of imidazole rings is 1. The summed E-state index contributed by atoms with van der Waals surface area (Å²) in [6.07, 6.45) is 0.240. The van der Waals surface area contributed by atoms with Crippen molar-refractivity contribution < 1.29 is 22.7 Å². The van der Waals surface area contributed by atoms with Gasteiger partial charge in [-0.1, -0.05) is 23.7 Å². The summed E-state index contributed by atoms with van der Waals surface area (Å²) in [7, 11) is 0. The van der Waals surface area contributed by atoms with Crippen LogP contribution in [0.15, 0.2) is 58.5 Å². The van der Waals surface area contributed by atoms with Crippen molar-refractivity contribution in [3.05, 3.63) is 91.5 Å². The summed E-state index contributed by atoms with van der Waals surface area (Å²) in [6, 6.07) is 8.49. The molecule has 1 aliphatic rings. The second kappa shape index (κ2) is 9.79. The van der Waals surface area contributed by atoms with Crippen LogP contribution in [0.25, 0.3) is 16.7 Å². The third-order valence-electron chi connectivity index (χ3n) is 6.41. The Bertz CT molecular complexity index is 1670. The Balaban J connectivity index is 1.66. The van der Waals surface area contributed by atoms with Crippen LogP contribution in [0.4, 0.5) is 13.2 Å². The fourth-order valence-electron chi connectivity index (χ4n) is 4.39. The van der Waals surface area contributed by atoms with Crippen molar-refractivity contribution in [2.75, 3.05) is 6.61 Å². The molecule has 2 aromatic heterocycles. The van der Waals surface area contributed by atoms with Gasteiger partial charge in [-0.15, -0.1) is 0 Å². The average Bonchev–Trinajstić information content (AvgIpc) is 3.59. The Morgan fingerprint density at radius 3 is 2.63 bits per heavy atom. The highest BCUT2D eigenvalue weighted by molar-refractivity contribution is 6.31. The van der Waals surface area contributed by atoms with Crippen molar-refractivity contribution in [3.8, 4) is 5.69 Å². The van der Waals surface area contributed by atoms with E-state index in [4.69, 9.17) is 16.3 Å². The third kappa shape index (κ3) is 4.85. The van der Waals surface area contributed by atoms with E-state index in [-0.39, 0.29) is 12.3 Å². The van der Waals surface area contributed by atoms with Crippen molar-refractivity contribution in [3.63, 3.8) is 0 Å². The van der Waals surface area contributed by atoms with Gasteiger partial charge in [0.25, 0.3) is 5.56 Å². The monoisotopic (exact) mass is 546 g/mol. The van der Waals surface area contributed by atoms with Gasteiger partial charge in [0.15, 0.2) is 0 Å². The maximum absolute atomic E-state index is 13.8. The van der Waals surface area contributed by atoms with Crippen molar-refractivity contribution in [2.45, 2.75) is 39.0 Å². The molecule has 0 unspecified atom stereocenters. The van der Waals surface area contributed by atoms with Gasteiger partial charge in [-0.05, 0) is 55.5 Å². The molecule has 0 amide bonds. The highest BCUT2D eigenvalue weighted by atomic mass is 35.5.